The minimum atomic E-state index is -3.73. The summed E-state index contributed by atoms with van der Waals surface area (Å²) in [5.41, 5.74) is 0.353. The van der Waals surface area contributed by atoms with Gasteiger partial charge in [0.15, 0.2) is 10.7 Å². The van der Waals surface area contributed by atoms with Crippen LogP contribution in [0.1, 0.15) is 42.0 Å². The molecular weight excluding hydrogens is 410 g/mol. The Bertz CT molecular complexity index is 981. The quantitative estimate of drug-likeness (QED) is 0.720. The van der Waals surface area contributed by atoms with E-state index in [0.29, 0.717) is 31.6 Å². The molecule has 2 aliphatic heterocycles. The van der Waals surface area contributed by atoms with E-state index in [0.717, 1.165) is 30.8 Å². The average Bonchev–Trinajstić information content (AvgIpc) is 3.48. The summed E-state index contributed by atoms with van der Waals surface area (Å²) in [5.74, 6) is 0.341. The van der Waals surface area contributed by atoms with Crippen LogP contribution in [0.2, 0.25) is 0 Å². The number of thiophene rings is 1. The first-order valence-electron chi connectivity index (χ1n) is 9.93. The molecule has 4 heterocycles. The summed E-state index contributed by atoms with van der Waals surface area (Å²) in [7, 11) is -3.73. The maximum atomic E-state index is 13.3. The van der Waals surface area contributed by atoms with E-state index in [2.05, 4.69) is 5.16 Å². The summed E-state index contributed by atoms with van der Waals surface area (Å²) in [6, 6.07) is 3.88. The zero-order valence-electron chi connectivity index (χ0n) is 16.4. The van der Waals surface area contributed by atoms with Crippen LogP contribution in [0.25, 0.3) is 12.2 Å². The molecule has 0 aliphatic carbocycles. The first-order chi connectivity index (χ1) is 14.0. The molecule has 156 valence electrons. The molecule has 29 heavy (non-hydrogen) atoms. The molecule has 0 saturated carbocycles. The van der Waals surface area contributed by atoms with Gasteiger partial charge in [-0.3, -0.25) is 4.79 Å². The first-order valence-corrected chi connectivity index (χ1v) is 12.3. The van der Waals surface area contributed by atoms with Gasteiger partial charge in [-0.15, -0.1) is 11.3 Å². The molecule has 0 N–H and O–H groups in total. The van der Waals surface area contributed by atoms with E-state index in [-0.39, 0.29) is 22.5 Å². The third kappa shape index (κ3) is 4.17. The van der Waals surface area contributed by atoms with Gasteiger partial charge in [0, 0.05) is 37.0 Å². The first kappa shape index (κ1) is 20.3. The van der Waals surface area contributed by atoms with Gasteiger partial charge in [0.25, 0.3) is 0 Å². The van der Waals surface area contributed by atoms with Crippen LogP contribution < -0.4 is 0 Å². The summed E-state index contributed by atoms with van der Waals surface area (Å²) < 4.78 is 33.3. The van der Waals surface area contributed by atoms with Crippen molar-refractivity contribution >= 4 is 39.4 Å². The molecule has 2 aliphatic rings. The molecule has 0 radical (unpaired) electrons. The van der Waals surface area contributed by atoms with Gasteiger partial charge in [-0.25, -0.2) is 8.42 Å². The van der Waals surface area contributed by atoms with Crippen molar-refractivity contribution < 1.29 is 17.7 Å². The molecule has 0 spiro atoms. The Balaban J connectivity index is 1.48. The summed E-state index contributed by atoms with van der Waals surface area (Å²) >= 11 is 1.56. The molecule has 0 unspecified atom stereocenters. The van der Waals surface area contributed by atoms with Crippen LogP contribution in [0.15, 0.2) is 26.9 Å². The number of hydrogen-bond acceptors (Lipinski definition) is 6. The highest BCUT2D eigenvalue weighted by molar-refractivity contribution is 7.89. The lowest BCUT2D eigenvalue weighted by molar-refractivity contribution is -0.135. The molecule has 2 fully saturated rings. The van der Waals surface area contributed by atoms with Gasteiger partial charge in [-0.2, -0.15) is 4.31 Å². The van der Waals surface area contributed by atoms with E-state index < -0.39 is 10.0 Å². The van der Waals surface area contributed by atoms with Crippen molar-refractivity contribution in [2.45, 2.75) is 37.5 Å². The molecule has 1 amide bonds. The Hall–Kier alpha value is -1.97. The second kappa shape index (κ2) is 8.41. The van der Waals surface area contributed by atoms with Gasteiger partial charge in [0.05, 0.1) is 0 Å². The number of sulfonamides is 1. The second-order valence-electron chi connectivity index (χ2n) is 7.52. The van der Waals surface area contributed by atoms with Crippen molar-refractivity contribution in [3.8, 4) is 0 Å². The van der Waals surface area contributed by atoms with Gasteiger partial charge >= 0.3 is 0 Å². The smallest absolute Gasteiger partial charge is 0.248 e. The number of likely N-dealkylation sites (tertiary alicyclic amines) is 1. The fraction of sp³-hybridized carbons (Fsp3) is 0.500. The van der Waals surface area contributed by atoms with Crippen molar-refractivity contribution in [1.82, 2.24) is 14.4 Å². The van der Waals surface area contributed by atoms with E-state index >= 15 is 0 Å². The molecule has 0 atom stereocenters. The predicted molar refractivity (Wildman–Crippen MR) is 112 cm³/mol. The van der Waals surface area contributed by atoms with Crippen LogP contribution in [-0.2, 0) is 14.8 Å². The van der Waals surface area contributed by atoms with Gasteiger partial charge in [-0.05, 0) is 56.2 Å². The molecule has 9 heteroatoms. The lowest BCUT2D eigenvalue weighted by Crippen LogP contribution is -2.43. The third-order valence-corrected chi connectivity index (χ3v) is 8.49. The number of nitrogens with zero attached hydrogens (tertiary/aromatic N) is 3. The highest BCUT2D eigenvalue weighted by Crippen LogP contribution is 2.30. The van der Waals surface area contributed by atoms with Crippen molar-refractivity contribution in [3.63, 3.8) is 0 Å². The maximum Gasteiger partial charge on any atom is 0.248 e. The molecule has 2 aromatic heterocycles. The van der Waals surface area contributed by atoms with Crippen molar-refractivity contribution in [2.75, 3.05) is 26.2 Å². The molecule has 0 bridgehead atoms. The van der Waals surface area contributed by atoms with Crippen LogP contribution in [0, 0.1) is 12.8 Å². The minimum Gasteiger partial charge on any atom is -0.355 e. The Kier molecular flexibility index (Phi) is 5.89. The lowest BCUT2D eigenvalue weighted by Gasteiger charge is -2.32. The van der Waals surface area contributed by atoms with Crippen molar-refractivity contribution in [3.05, 3.63) is 33.8 Å². The van der Waals surface area contributed by atoms with Crippen molar-refractivity contribution in [1.29, 1.82) is 0 Å². The van der Waals surface area contributed by atoms with Crippen molar-refractivity contribution in [2.24, 2.45) is 5.92 Å². The topological polar surface area (TPSA) is 83.7 Å². The van der Waals surface area contributed by atoms with Gasteiger partial charge in [0.1, 0.15) is 5.69 Å². The van der Waals surface area contributed by atoms with Gasteiger partial charge in [-0.1, -0.05) is 11.2 Å². The number of hydrogen-bond donors (Lipinski definition) is 0. The number of amides is 1. The second-order valence-corrected chi connectivity index (χ2v) is 10.4. The number of aryl methyl sites for hydroxylation is 1. The third-order valence-electron chi connectivity index (χ3n) is 5.59. The minimum absolute atomic E-state index is 0.0821. The fourth-order valence-corrected chi connectivity index (χ4v) is 6.35. The summed E-state index contributed by atoms with van der Waals surface area (Å²) in [5, 5.41) is 5.84. The molecule has 2 saturated heterocycles. The Morgan fingerprint density at radius 1 is 1.21 bits per heavy atom. The van der Waals surface area contributed by atoms with Crippen LogP contribution >= 0.6 is 11.3 Å². The van der Waals surface area contributed by atoms with E-state index in [4.69, 9.17) is 4.52 Å². The van der Waals surface area contributed by atoms with Gasteiger partial charge in [0.2, 0.25) is 15.9 Å². The van der Waals surface area contributed by atoms with E-state index in [1.165, 1.54) is 4.31 Å². The summed E-state index contributed by atoms with van der Waals surface area (Å²) in [4.78, 5) is 15.7. The lowest BCUT2D eigenvalue weighted by atomic mass is 9.97. The molecular formula is C20H25N3O4S2. The van der Waals surface area contributed by atoms with E-state index in [1.807, 2.05) is 28.5 Å². The zero-order chi connectivity index (χ0) is 20.4. The van der Waals surface area contributed by atoms with E-state index in [9.17, 15) is 13.2 Å². The Morgan fingerprint density at radius 3 is 2.59 bits per heavy atom. The highest BCUT2D eigenvalue weighted by Gasteiger charge is 2.37. The maximum absolute atomic E-state index is 13.3. The number of rotatable bonds is 5. The number of carbonyl (C=O) groups excluding carboxylic acids is 1. The predicted octanol–water partition coefficient (Wildman–Crippen LogP) is 3.24. The molecule has 2 aromatic rings. The average molecular weight is 436 g/mol. The molecule has 7 nitrogen and oxygen atoms in total. The Labute approximate surface area is 175 Å². The standard InChI is InChI=1S/C20H25N3O4S2/c1-15-19(18(27-21-15)7-6-17-5-4-14-28-17)29(25,26)23-12-8-16(9-13-23)20(24)22-10-2-3-11-22/h4-7,14,16H,2-3,8-13H2,1H3. The number of carbonyl (C=O) groups is 1. The highest BCUT2D eigenvalue weighted by atomic mass is 32.2. The van der Waals surface area contributed by atoms with Crippen LogP contribution in [0.4, 0.5) is 0 Å². The monoisotopic (exact) mass is 435 g/mol. The summed E-state index contributed by atoms with van der Waals surface area (Å²) in [6.07, 6.45) is 6.71. The summed E-state index contributed by atoms with van der Waals surface area (Å²) in [6.45, 7) is 3.98. The van der Waals surface area contributed by atoms with Crippen LogP contribution in [0.3, 0.4) is 0 Å². The van der Waals surface area contributed by atoms with Crippen LogP contribution in [-0.4, -0.2) is 54.9 Å². The van der Waals surface area contributed by atoms with Crippen LogP contribution in [0.5, 0.6) is 0 Å². The number of aromatic nitrogens is 1. The SMILES string of the molecule is Cc1noc(C=Cc2cccs2)c1S(=O)(=O)N1CCC(C(=O)N2CCCC2)CC1. The number of piperidine rings is 1. The molecule has 0 aromatic carbocycles. The Morgan fingerprint density at radius 2 is 1.93 bits per heavy atom. The fourth-order valence-electron chi connectivity index (χ4n) is 4.01. The largest absolute Gasteiger partial charge is 0.355 e. The van der Waals surface area contributed by atoms with Gasteiger partial charge < -0.3 is 9.42 Å². The van der Waals surface area contributed by atoms with E-state index in [1.54, 1.807) is 24.3 Å². The molecule has 4 rings (SSSR count). The zero-order valence-corrected chi connectivity index (χ0v) is 18.0. The normalized spacial score (nSPS) is 19.4.